The molecule has 146 valence electrons. The van der Waals surface area contributed by atoms with Crippen LogP contribution in [-0.2, 0) is 17.9 Å². The molecule has 2 N–H and O–H groups in total. The van der Waals surface area contributed by atoms with Gasteiger partial charge in [0.25, 0.3) is 5.91 Å². The number of aryl methyl sites for hydroxylation is 1. The monoisotopic (exact) mass is 384 g/mol. The molecule has 28 heavy (non-hydrogen) atoms. The second-order valence-corrected chi connectivity index (χ2v) is 6.03. The van der Waals surface area contributed by atoms with Crippen LogP contribution >= 0.6 is 0 Å². The van der Waals surface area contributed by atoms with Gasteiger partial charge < -0.3 is 24.3 Å². The number of benzene rings is 1. The predicted octanol–water partition coefficient (Wildman–Crippen LogP) is 1.98. The second kappa shape index (κ2) is 8.85. The molecular formula is C19H20N4O5. The molecule has 0 radical (unpaired) electrons. The molecule has 3 aromatic rings. The van der Waals surface area contributed by atoms with Crippen molar-refractivity contribution in [3.05, 3.63) is 65.7 Å². The molecule has 0 aliphatic carbocycles. The standard InChI is InChI=1S/C19H20N4O5/c1-12(18(24)20-10-16-4-3-9-26-16)21-19(25)14-5-7-15(8-6-14)27-11-17-22-13(2)28-23-17/h3-9,12H,10-11H2,1-2H3,(H,20,24)(H,21,25). The summed E-state index contributed by atoms with van der Waals surface area (Å²) in [4.78, 5) is 28.4. The first-order chi connectivity index (χ1) is 13.5. The molecule has 1 aromatic carbocycles. The smallest absolute Gasteiger partial charge is 0.251 e. The Balaban J connectivity index is 1.47. The van der Waals surface area contributed by atoms with Gasteiger partial charge in [-0.3, -0.25) is 9.59 Å². The molecule has 0 fully saturated rings. The lowest BCUT2D eigenvalue weighted by Gasteiger charge is -2.14. The predicted molar refractivity (Wildman–Crippen MR) is 97.3 cm³/mol. The van der Waals surface area contributed by atoms with Crippen LogP contribution in [0, 0.1) is 6.92 Å². The number of aromatic nitrogens is 2. The van der Waals surface area contributed by atoms with Gasteiger partial charge in [0.05, 0.1) is 12.8 Å². The highest BCUT2D eigenvalue weighted by Gasteiger charge is 2.16. The van der Waals surface area contributed by atoms with Crippen LogP contribution in [0.25, 0.3) is 0 Å². The Labute approximate surface area is 161 Å². The van der Waals surface area contributed by atoms with Gasteiger partial charge in [-0.2, -0.15) is 4.98 Å². The van der Waals surface area contributed by atoms with E-state index in [1.807, 2.05) is 0 Å². The molecule has 1 unspecified atom stereocenters. The van der Waals surface area contributed by atoms with Crippen LogP contribution in [0.1, 0.15) is 34.8 Å². The molecule has 2 heterocycles. The highest BCUT2D eigenvalue weighted by Crippen LogP contribution is 2.14. The minimum atomic E-state index is -0.695. The number of nitrogens with zero attached hydrogens (tertiary/aromatic N) is 2. The summed E-state index contributed by atoms with van der Waals surface area (Å²) in [5.41, 5.74) is 0.411. The molecule has 2 amide bonds. The Kier molecular flexibility index (Phi) is 6.05. The summed E-state index contributed by atoms with van der Waals surface area (Å²) in [6, 6.07) is 9.34. The van der Waals surface area contributed by atoms with Gasteiger partial charge in [-0.25, -0.2) is 0 Å². The number of furan rings is 1. The van der Waals surface area contributed by atoms with E-state index in [0.717, 1.165) is 0 Å². The van der Waals surface area contributed by atoms with E-state index in [4.69, 9.17) is 13.7 Å². The van der Waals surface area contributed by atoms with Gasteiger partial charge in [-0.15, -0.1) is 0 Å². The molecule has 2 aromatic heterocycles. The summed E-state index contributed by atoms with van der Waals surface area (Å²) in [6.45, 7) is 3.73. The van der Waals surface area contributed by atoms with Gasteiger partial charge in [0.1, 0.15) is 17.6 Å². The summed E-state index contributed by atoms with van der Waals surface area (Å²) in [5, 5.41) is 9.09. The lowest BCUT2D eigenvalue weighted by atomic mass is 10.2. The highest BCUT2D eigenvalue weighted by atomic mass is 16.5. The van der Waals surface area contributed by atoms with E-state index in [9.17, 15) is 9.59 Å². The zero-order valence-corrected chi connectivity index (χ0v) is 15.5. The van der Waals surface area contributed by atoms with Gasteiger partial charge in [0, 0.05) is 12.5 Å². The van der Waals surface area contributed by atoms with Crippen molar-refractivity contribution < 1.29 is 23.3 Å². The number of carbonyl (C=O) groups is 2. The highest BCUT2D eigenvalue weighted by molar-refractivity contribution is 5.97. The third kappa shape index (κ3) is 5.19. The van der Waals surface area contributed by atoms with Crippen molar-refractivity contribution in [1.29, 1.82) is 0 Å². The average molecular weight is 384 g/mol. The van der Waals surface area contributed by atoms with E-state index in [1.165, 1.54) is 6.26 Å². The maximum Gasteiger partial charge on any atom is 0.251 e. The van der Waals surface area contributed by atoms with Gasteiger partial charge >= 0.3 is 0 Å². The molecule has 0 saturated carbocycles. The Morgan fingerprint density at radius 1 is 1.21 bits per heavy atom. The molecule has 0 spiro atoms. The third-order valence-electron chi connectivity index (χ3n) is 3.81. The van der Waals surface area contributed by atoms with Crippen LogP contribution < -0.4 is 15.4 Å². The van der Waals surface area contributed by atoms with Crippen molar-refractivity contribution in [3.8, 4) is 5.75 Å². The quantitative estimate of drug-likeness (QED) is 0.609. The Morgan fingerprint density at radius 3 is 2.64 bits per heavy atom. The summed E-state index contributed by atoms with van der Waals surface area (Å²) >= 11 is 0. The number of nitrogens with one attached hydrogen (secondary N) is 2. The molecule has 1 atom stereocenters. The molecule has 9 nitrogen and oxygen atoms in total. The average Bonchev–Trinajstić information content (AvgIpc) is 3.36. The van der Waals surface area contributed by atoms with Gasteiger partial charge in [-0.05, 0) is 43.3 Å². The summed E-state index contributed by atoms with van der Waals surface area (Å²) < 4.78 is 15.6. The third-order valence-corrected chi connectivity index (χ3v) is 3.81. The molecule has 0 bridgehead atoms. The van der Waals surface area contributed by atoms with Crippen LogP contribution in [0.2, 0.25) is 0 Å². The number of carbonyl (C=O) groups excluding carboxylic acids is 2. The van der Waals surface area contributed by atoms with E-state index in [1.54, 1.807) is 50.2 Å². The van der Waals surface area contributed by atoms with E-state index in [-0.39, 0.29) is 25.0 Å². The SMILES string of the molecule is Cc1nc(COc2ccc(C(=O)NC(C)C(=O)NCc3ccco3)cc2)no1. The fourth-order valence-electron chi connectivity index (χ4n) is 2.34. The van der Waals surface area contributed by atoms with E-state index < -0.39 is 6.04 Å². The maximum atomic E-state index is 12.3. The summed E-state index contributed by atoms with van der Waals surface area (Å²) in [5.74, 6) is 1.43. The second-order valence-electron chi connectivity index (χ2n) is 6.03. The fraction of sp³-hybridized carbons (Fsp3) is 0.263. The van der Waals surface area contributed by atoms with Crippen LogP contribution in [-0.4, -0.2) is 28.0 Å². The van der Waals surface area contributed by atoms with Gasteiger partial charge in [-0.1, -0.05) is 5.16 Å². The van der Waals surface area contributed by atoms with Gasteiger partial charge in [0.2, 0.25) is 17.6 Å². The number of hydrogen-bond acceptors (Lipinski definition) is 7. The van der Waals surface area contributed by atoms with E-state index in [2.05, 4.69) is 20.8 Å². The first-order valence-corrected chi connectivity index (χ1v) is 8.64. The number of hydrogen-bond donors (Lipinski definition) is 2. The van der Waals surface area contributed by atoms with Crippen molar-refractivity contribution in [2.45, 2.75) is 33.0 Å². The van der Waals surface area contributed by atoms with E-state index >= 15 is 0 Å². The van der Waals surface area contributed by atoms with Crippen molar-refractivity contribution in [3.63, 3.8) is 0 Å². The van der Waals surface area contributed by atoms with Crippen LogP contribution in [0.4, 0.5) is 0 Å². The minimum absolute atomic E-state index is 0.162. The molecule has 0 aliphatic heterocycles. The van der Waals surface area contributed by atoms with Crippen molar-refractivity contribution in [1.82, 2.24) is 20.8 Å². The minimum Gasteiger partial charge on any atom is -0.485 e. The number of amides is 2. The Bertz CT molecular complexity index is 918. The number of rotatable bonds is 8. The molecule has 0 saturated heterocycles. The van der Waals surface area contributed by atoms with Gasteiger partial charge in [0.15, 0.2) is 6.61 Å². The Hall–Kier alpha value is -3.62. The van der Waals surface area contributed by atoms with Crippen LogP contribution in [0.5, 0.6) is 5.75 Å². The molecule has 0 aliphatic rings. The zero-order chi connectivity index (χ0) is 19.9. The van der Waals surface area contributed by atoms with Crippen molar-refractivity contribution >= 4 is 11.8 Å². The number of ether oxygens (including phenoxy) is 1. The lowest BCUT2D eigenvalue weighted by molar-refractivity contribution is -0.122. The van der Waals surface area contributed by atoms with Crippen LogP contribution in [0.15, 0.2) is 51.6 Å². The van der Waals surface area contributed by atoms with Crippen molar-refractivity contribution in [2.24, 2.45) is 0 Å². The normalized spacial score (nSPS) is 11.6. The Morgan fingerprint density at radius 2 is 2.00 bits per heavy atom. The van der Waals surface area contributed by atoms with Crippen LogP contribution in [0.3, 0.4) is 0 Å². The molecule has 3 rings (SSSR count). The molecule has 9 heteroatoms. The first-order valence-electron chi connectivity index (χ1n) is 8.64. The summed E-state index contributed by atoms with van der Waals surface area (Å²) in [7, 11) is 0. The van der Waals surface area contributed by atoms with E-state index in [0.29, 0.717) is 28.8 Å². The topological polar surface area (TPSA) is 119 Å². The first kappa shape index (κ1) is 19.2. The fourth-order valence-corrected chi connectivity index (χ4v) is 2.34. The lowest BCUT2D eigenvalue weighted by Crippen LogP contribution is -2.44. The molecular weight excluding hydrogens is 364 g/mol. The summed E-state index contributed by atoms with van der Waals surface area (Å²) in [6.07, 6.45) is 1.53. The maximum absolute atomic E-state index is 12.3. The van der Waals surface area contributed by atoms with Crippen molar-refractivity contribution in [2.75, 3.05) is 0 Å². The zero-order valence-electron chi connectivity index (χ0n) is 15.5. The largest absolute Gasteiger partial charge is 0.485 e.